The summed E-state index contributed by atoms with van der Waals surface area (Å²) in [5.41, 5.74) is 0.210. The van der Waals surface area contributed by atoms with Crippen molar-refractivity contribution in [2.24, 2.45) is 0 Å². The molecule has 0 unspecified atom stereocenters. The number of ether oxygens (including phenoxy) is 1. The van der Waals surface area contributed by atoms with Crippen LogP contribution in [0.3, 0.4) is 0 Å². The Morgan fingerprint density at radius 1 is 1.35 bits per heavy atom. The largest absolute Gasteiger partial charge is 0.480 e. The zero-order valence-electron chi connectivity index (χ0n) is 9.30. The minimum absolute atomic E-state index is 0.210. The summed E-state index contributed by atoms with van der Waals surface area (Å²) in [4.78, 5) is 13.0. The maximum Gasteiger partial charge on any atom is 0.325 e. The van der Waals surface area contributed by atoms with Gasteiger partial charge in [-0.05, 0) is 6.07 Å². The highest BCUT2D eigenvalue weighted by Crippen LogP contribution is 2.24. The Hall–Kier alpha value is -1.46. The van der Waals surface area contributed by atoms with Crippen LogP contribution in [-0.2, 0) is 9.53 Å². The molecule has 0 amide bonds. The molecule has 1 fully saturated rings. The van der Waals surface area contributed by atoms with Gasteiger partial charge in [-0.25, -0.2) is 4.39 Å². The standard InChI is InChI=1S/C12H14FNO3/c13-10-4-2-1-3-9(10)11(12(15)16)14-5-7-17-8-6-14/h1-4,11H,5-8H2,(H,15,16)/t11-/m1/s1. The van der Waals surface area contributed by atoms with Crippen molar-refractivity contribution in [1.82, 2.24) is 4.90 Å². The second-order valence-electron chi connectivity index (χ2n) is 3.91. The van der Waals surface area contributed by atoms with Crippen LogP contribution < -0.4 is 0 Å². The predicted molar refractivity (Wildman–Crippen MR) is 59.2 cm³/mol. The Balaban J connectivity index is 2.28. The smallest absolute Gasteiger partial charge is 0.325 e. The lowest BCUT2D eigenvalue weighted by Crippen LogP contribution is -2.42. The third kappa shape index (κ3) is 2.62. The normalized spacial score (nSPS) is 18.9. The van der Waals surface area contributed by atoms with E-state index in [1.54, 1.807) is 17.0 Å². The summed E-state index contributed by atoms with van der Waals surface area (Å²) in [5, 5.41) is 9.25. The summed E-state index contributed by atoms with van der Waals surface area (Å²) in [7, 11) is 0. The van der Waals surface area contributed by atoms with Crippen LogP contribution in [0.1, 0.15) is 11.6 Å². The molecular formula is C12H14FNO3. The van der Waals surface area contributed by atoms with Gasteiger partial charge in [-0.3, -0.25) is 9.69 Å². The number of hydrogen-bond acceptors (Lipinski definition) is 3. The molecule has 0 spiro atoms. The van der Waals surface area contributed by atoms with Gasteiger partial charge < -0.3 is 9.84 Å². The van der Waals surface area contributed by atoms with Crippen molar-refractivity contribution in [2.45, 2.75) is 6.04 Å². The number of morpholine rings is 1. The summed E-state index contributed by atoms with van der Waals surface area (Å²) in [6.07, 6.45) is 0. The van der Waals surface area contributed by atoms with Gasteiger partial charge in [0.15, 0.2) is 0 Å². The average Bonchev–Trinajstić information content (AvgIpc) is 2.33. The molecule has 1 aliphatic heterocycles. The number of benzene rings is 1. The molecule has 5 heteroatoms. The maximum atomic E-state index is 13.6. The van der Waals surface area contributed by atoms with E-state index < -0.39 is 17.8 Å². The molecule has 0 saturated carbocycles. The van der Waals surface area contributed by atoms with Crippen LogP contribution in [0.4, 0.5) is 4.39 Å². The average molecular weight is 239 g/mol. The number of carbonyl (C=O) groups is 1. The highest BCUT2D eigenvalue weighted by molar-refractivity contribution is 5.75. The topological polar surface area (TPSA) is 49.8 Å². The van der Waals surface area contributed by atoms with Gasteiger partial charge in [0.05, 0.1) is 13.2 Å². The van der Waals surface area contributed by atoms with Crippen LogP contribution in [0.2, 0.25) is 0 Å². The van der Waals surface area contributed by atoms with Crippen molar-refractivity contribution >= 4 is 5.97 Å². The fraction of sp³-hybridized carbons (Fsp3) is 0.417. The first-order chi connectivity index (χ1) is 8.20. The first kappa shape index (κ1) is 12.0. The lowest BCUT2D eigenvalue weighted by atomic mass is 10.0. The molecule has 1 aromatic carbocycles. The third-order valence-corrected chi connectivity index (χ3v) is 2.84. The first-order valence-electron chi connectivity index (χ1n) is 5.49. The van der Waals surface area contributed by atoms with Crippen molar-refractivity contribution in [3.8, 4) is 0 Å². The van der Waals surface area contributed by atoms with E-state index >= 15 is 0 Å². The molecule has 17 heavy (non-hydrogen) atoms. The molecule has 0 radical (unpaired) electrons. The van der Waals surface area contributed by atoms with Crippen LogP contribution in [-0.4, -0.2) is 42.3 Å². The monoisotopic (exact) mass is 239 g/mol. The van der Waals surface area contributed by atoms with Gasteiger partial charge in [0.1, 0.15) is 11.9 Å². The highest BCUT2D eigenvalue weighted by Gasteiger charge is 2.30. The summed E-state index contributed by atoms with van der Waals surface area (Å²) < 4.78 is 18.8. The Kier molecular flexibility index (Phi) is 3.71. The molecule has 1 aromatic rings. The zero-order valence-corrected chi connectivity index (χ0v) is 9.30. The molecule has 1 heterocycles. The lowest BCUT2D eigenvalue weighted by molar-refractivity contribution is -0.145. The molecule has 0 bridgehead atoms. The van der Waals surface area contributed by atoms with Crippen molar-refractivity contribution in [1.29, 1.82) is 0 Å². The molecule has 0 aromatic heterocycles. The Bertz CT molecular complexity index is 404. The molecule has 1 atom stereocenters. The molecular weight excluding hydrogens is 225 g/mol. The fourth-order valence-electron chi connectivity index (χ4n) is 2.02. The second-order valence-corrected chi connectivity index (χ2v) is 3.91. The van der Waals surface area contributed by atoms with Crippen LogP contribution in [0.5, 0.6) is 0 Å². The van der Waals surface area contributed by atoms with E-state index in [2.05, 4.69) is 0 Å². The quantitative estimate of drug-likeness (QED) is 0.863. The number of hydrogen-bond donors (Lipinski definition) is 1. The van der Waals surface area contributed by atoms with E-state index in [1.165, 1.54) is 12.1 Å². The van der Waals surface area contributed by atoms with Crippen molar-refractivity contribution in [3.63, 3.8) is 0 Å². The summed E-state index contributed by atoms with van der Waals surface area (Å²) in [6.45, 7) is 1.98. The highest BCUT2D eigenvalue weighted by atomic mass is 19.1. The second kappa shape index (κ2) is 5.25. The third-order valence-electron chi connectivity index (χ3n) is 2.84. The van der Waals surface area contributed by atoms with E-state index in [0.717, 1.165) is 0 Å². The van der Waals surface area contributed by atoms with Gasteiger partial charge in [0.25, 0.3) is 0 Å². The number of aliphatic carboxylic acids is 1. The minimum atomic E-state index is -1.03. The van der Waals surface area contributed by atoms with Crippen LogP contribution in [0.15, 0.2) is 24.3 Å². The Morgan fingerprint density at radius 2 is 2.00 bits per heavy atom. The van der Waals surface area contributed by atoms with E-state index in [4.69, 9.17) is 4.74 Å². The summed E-state index contributed by atoms with van der Waals surface area (Å²) >= 11 is 0. The molecule has 1 aliphatic rings. The maximum absolute atomic E-state index is 13.6. The van der Waals surface area contributed by atoms with Crippen LogP contribution in [0.25, 0.3) is 0 Å². The molecule has 92 valence electrons. The Labute approximate surface area is 98.6 Å². The van der Waals surface area contributed by atoms with E-state index in [0.29, 0.717) is 26.3 Å². The van der Waals surface area contributed by atoms with Gasteiger partial charge in [-0.1, -0.05) is 18.2 Å². The van der Waals surface area contributed by atoms with Gasteiger partial charge >= 0.3 is 5.97 Å². The van der Waals surface area contributed by atoms with E-state index in [9.17, 15) is 14.3 Å². The minimum Gasteiger partial charge on any atom is -0.480 e. The van der Waals surface area contributed by atoms with Crippen LogP contribution >= 0.6 is 0 Å². The van der Waals surface area contributed by atoms with Crippen molar-refractivity contribution in [3.05, 3.63) is 35.6 Å². The summed E-state index contributed by atoms with van der Waals surface area (Å²) in [6, 6.07) is 5.07. The van der Waals surface area contributed by atoms with Crippen molar-refractivity contribution < 1.29 is 19.0 Å². The molecule has 1 N–H and O–H groups in total. The van der Waals surface area contributed by atoms with Gasteiger partial charge in [0, 0.05) is 18.7 Å². The number of halogens is 1. The molecule has 0 aliphatic carbocycles. The predicted octanol–water partition coefficient (Wildman–Crippen LogP) is 1.28. The molecule has 2 rings (SSSR count). The molecule has 4 nitrogen and oxygen atoms in total. The zero-order chi connectivity index (χ0) is 12.3. The number of carboxylic acids is 1. The van der Waals surface area contributed by atoms with Crippen LogP contribution in [0, 0.1) is 5.82 Å². The lowest BCUT2D eigenvalue weighted by Gasteiger charge is -2.32. The van der Waals surface area contributed by atoms with Gasteiger partial charge in [0.2, 0.25) is 0 Å². The fourth-order valence-corrected chi connectivity index (χ4v) is 2.02. The summed E-state index contributed by atoms with van der Waals surface area (Å²) in [5.74, 6) is -1.51. The number of nitrogens with zero attached hydrogens (tertiary/aromatic N) is 1. The first-order valence-corrected chi connectivity index (χ1v) is 5.49. The van der Waals surface area contributed by atoms with E-state index in [1.807, 2.05) is 0 Å². The van der Waals surface area contributed by atoms with Gasteiger partial charge in [-0.2, -0.15) is 0 Å². The number of rotatable bonds is 3. The van der Waals surface area contributed by atoms with Gasteiger partial charge in [-0.15, -0.1) is 0 Å². The van der Waals surface area contributed by atoms with E-state index in [-0.39, 0.29) is 5.56 Å². The SMILES string of the molecule is O=C(O)[C@@H](c1ccccc1F)N1CCOCC1. The Morgan fingerprint density at radius 3 is 2.59 bits per heavy atom. The molecule has 1 saturated heterocycles. The number of carboxylic acid groups (broad SMARTS) is 1. The van der Waals surface area contributed by atoms with Crippen molar-refractivity contribution in [2.75, 3.05) is 26.3 Å².